The predicted molar refractivity (Wildman–Crippen MR) is 61.3 cm³/mol. The van der Waals surface area contributed by atoms with E-state index in [1.54, 1.807) is 0 Å². The van der Waals surface area contributed by atoms with Crippen molar-refractivity contribution in [2.45, 2.75) is 32.4 Å². The maximum atomic E-state index is 10.9. The van der Waals surface area contributed by atoms with Crippen molar-refractivity contribution in [3.05, 3.63) is 35.9 Å². The Labute approximate surface area is 90.7 Å². The summed E-state index contributed by atoms with van der Waals surface area (Å²) in [6, 6.07) is 10.2. The van der Waals surface area contributed by atoms with Crippen LogP contribution in [-0.2, 0) is 4.79 Å². The van der Waals surface area contributed by atoms with E-state index in [9.17, 15) is 4.79 Å². The molecule has 0 aliphatic carbocycles. The Morgan fingerprint density at radius 3 is 2.40 bits per heavy atom. The molecule has 0 heterocycles. The lowest BCUT2D eigenvalue weighted by Gasteiger charge is -2.20. The highest BCUT2D eigenvalue weighted by Crippen LogP contribution is 2.16. The Hall–Kier alpha value is -1.35. The van der Waals surface area contributed by atoms with Gasteiger partial charge < -0.3 is 11.1 Å². The van der Waals surface area contributed by atoms with E-state index in [1.165, 1.54) is 0 Å². The molecule has 1 aromatic carbocycles. The molecule has 0 bridgehead atoms. The van der Waals surface area contributed by atoms with Crippen LogP contribution in [0.5, 0.6) is 0 Å². The summed E-state index contributed by atoms with van der Waals surface area (Å²) in [4.78, 5) is 10.9. The maximum absolute atomic E-state index is 10.9. The van der Waals surface area contributed by atoms with Crippen LogP contribution in [0.1, 0.15) is 31.9 Å². The molecule has 0 radical (unpaired) electrons. The quantitative estimate of drug-likeness (QED) is 0.769. The Morgan fingerprint density at radius 1 is 1.33 bits per heavy atom. The summed E-state index contributed by atoms with van der Waals surface area (Å²) in [5.41, 5.74) is 6.33. The highest BCUT2D eigenvalue weighted by Gasteiger charge is 2.14. The molecule has 1 atom stereocenters. The number of nitrogens with two attached hydrogens (primary N) is 1. The van der Waals surface area contributed by atoms with Crippen molar-refractivity contribution < 1.29 is 4.79 Å². The van der Waals surface area contributed by atoms with Crippen molar-refractivity contribution >= 4 is 5.91 Å². The van der Waals surface area contributed by atoms with Gasteiger partial charge >= 0.3 is 0 Å². The van der Waals surface area contributed by atoms with Crippen LogP contribution in [-0.4, -0.2) is 11.9 Å². The molecule has 1 aromatic rings. The number of amides is 1. The van der Waals surface area contributed by atoms with Gasteiger partial charge in [0.25, 0.3) is 0 Å². The summed E-state index contributed by atoms with van der Waals surface area (Å²) in [5, 5.41) is 3.33. The van der Waals surface area contributed by atoms with E-state index < -0.39 is 0 Å². The first-order valence-corrected chi connectivity index (χ1v) is 5.19. The molecule has 3 heteroatoms. The molecular weight excluding hydrogens is 188 g/mol. The second kappa shape index (κ2) is 5.51. The minimum absolute atomic E-state index is 0.0173. The number of primary amides is 1. The molecule has 0 aromatic heterocycles. The number of hydrogen-bond donors (Lipinski definition) is 2. The summed E-state index contributed by atoms with van der Waals surface area (Å²) in [6.45, 7) is 4.11. The lowest BCUT2D eigenvalue weighted by Crippen LogP contribution is -2.31. The van der Waals surface area contributed by atoms with E-state index in [0.29, 0.717) is 12.5 Å². The zero-order valence-electron chi connectivity index (χ0n) is 9.23. The monoisotopic (exact) mass is 206 g/mol. The molecule has 3 N–H and O–H groups in total. The largest absolute Gasteiger partial charge is 0.370 e. The zero-order chi connectivity index (χ0) is 11.3. The summed E-state index contributed by atoms with van der Waals surface area (Å²) < 4.78 is 0. The van der Waals surface area contributed by atoms with Crippen LogP contribution < -0.4 is 11.1 Å². The Balaban J connectivity index is 2.76. The molecule has 1 unspecified atom stereocenters. The maximum Gasteiger partial charge on any atom is 0.219 e. The minimum atomic E-state index is -0.281. The van der Waals surface area contributed by atoms with Crippen molar-refractivity contribution in [3.63, 3.8) is 0 Å². The molecule has 3 nitrogen and oxygen atoms in total. The summed E-state index contributed by atoms with van der Waals surface area (Å²) in [7, 11) is 0. The summed E-state index contributed by atoms with van der Waals surface area (Å²) >= 11 is 0. The van der Waals surface area contributed by atoms with E-state index in [0.717, 1.165) is 5.56 Å². The first-order chi connectivity index (χ1) is 7.09. The summed E-state index contributed by atoms with van der Waals surface area (Å²) in [6.07, 6.45) is 0.336. The minimum Gasteiger partial charge on any atom is -0.370 e. The third kappa shape index (κ3) is 4.13. The smallest absolute Gasteiger partial charge is 0.219 e. The Kier molecular flexibility index (Phi) is 4.31. The lowest BCUT2D eigenvalue weighted by atomic mass is 10.0. The number of rotatable bonds is 5. The summed E-state index contributed by atoms with van der Waals surface area (Å²) in [5.74, 6) is -0.281. The third-order valence-electron chi connectivity index (χ3n) is 2.14. The molecule has 1 rings (SSSR count). The zero-order valence-corrected chi connectivity index (χ0v) is 9.23. The first-order valence-electron chi connectivity index (χ1n) is 5.19. The van der Waals surface area contributed by atoms with Gasteiger partial charge in [-0.15, -0.1) is 0 Å². The molecule has 0 spiro atoms. The van der Waals surface area contributed by atoms with Crippen molar-refractivity contribution in [1.29, 1.82) is 0 Å². The fourth-order valence-electron chi connectivity index (χ4n) is 1.56. The van der Waals surface area contributed by atoms with Gasteiger partial charge in [0.05, 0.1) is 0 Å². The van der Waals surface area contributed by atoms with Crippen LogP contribution >= 0.6 is 0 Å². The molecular formula is C12H18N2O. The van der Waals surface area contributed by atoms with Gasteiger partial charge in [0.2, 0.25) is 5.91 Å². The van der Waals surface area contributed by atoms with Crippen molar-refractivity contribution in [2.75, 3.05) is 0 Å². The number of hydrogen-bond acceptors (Lipinski definition) is 2. The molecule has 15 heavy (non-hydrogen) atoms. The average Bonchev–Trinajstić information content (AvgIpc) is 2.17. The van der Waals surface area contributed by atoms with E-state index in [4.69, 9.17) is 5.73 Å². The van der Waals surface area contributed by atoms with Gasteiger partial charge in [0.15, 0.2) is 0 Å². The number of carbonyl (C=O) groups is 1. The van der Waals surface area contributed by atoms with Gasteiger partial charge in [-0.05, 0) is 5.56 Å². The van der Waals surface area contributed by atoms with Crippen molar-refractivity contribution in [2.24, 2.45) is 5.73 Å². The molecule has 0 fully saturated rings. The van der Waals surface area contributed by atoms with E-state index >= 15 is 0 Å². The van der Waals surface area contributed by atoms with Crippen molar-refractivity contribution in [3.8, 4) is 0 Å². The average molecular weight is 206 g/mol. The highest BCUT2D eigenvalue weighted by atomic mass is 16.1. The topological polar surface area (TPSA) is 55.1 Å². The molecule has 1 amide bonds. The fraction of sp³-hybridized carbons (Fsp3) is 0.417. The van der Waals surface area contributed by atoms with Gasteiger partial charge in [0.1, 0.15) is 0 Å². The fourth-order valence-corrected chi connectivity index (χ4v) is 1.56. The van der Waals surface area contributed by atoms with Gasteiger partial charge in [0, 0.05) is 18.5 Å². The van der Waals surface area contributed by atoms with Gasteiger partial charge in [-0.25, -0.2) is 0 Å². The van der Waals surface area contributed by atoms with Crippen LogP contribution in [0.4, 0.5) is 0 Å². The first kappa shape index (κ1) is 11.7. The Morgan fingerprint density at radius 2 is 1.93 bits per heavy atom. The van der Waals surface area contributed by atoms with Crippen LogP contribution in [0.3, 0.4) is 0 Å². The van der Waals surface area contributed by atoms with Crippen LogP contribution in [0, 0.1) is 0 Å². The highest BCUT2D eigenvalue weighted by molar-refractivity contribution is 5.74. The third-order valence-corrected chi connectivity index (χ3v) is 2.14. The van der Waals surface area contributed by atoms with E-state index in [2.05, 4.69) is 19.2 Å². The van der Waals surface area contributed by atoms with E-state index in [1.807, 2.05) is 30.3 Å². The Bertz CT molecular complexity index is 309. The second-order valence-electron chi connectivity index (χ2n) is 3.96. The molecule has 82 valence electrons. The normalized spacial score (nSPS) is 12.7. The molecule has 0 saturated heterocycles. The molecule has 0 aliphatic heterocycles. The van der Waals surface area contributed by atoms with Gasteiger partial charge in [-0.1, -0.05) is 44.2 Å². The number of carbonyl (C=O) groups excluding carboxylic acids is 1. The molecule has 0 saturated carbocycles. The standard InChI is InChI=1S/C12H18N2O/c1-9(2)14-11(8-12(13)15)10-6-4-3-5-7-10/h3-7,9,11,14H,8H2,1-2H3,(H2,13,15). The van der Waals surface area contributed by atoms with Gasteiger partial charge in [-0.3, -0.25) is 4.79 Å². The number of benzene rings is 1. The predicted octanol–water partition coefficient (Wildman–Crippen LogP) is 1.60. The van der Waals surface area contributed by atoms with Crippen LogP contribution in [0.2, 0.25) is 0 Å². The second-order valence-corrected chi connectivity index (χ2v) is 3.96. The van der Waals surface area contributed by atoms with Gasteiger partial charge in [-0.2, -0.15) is 0 Å². The lowest BCUT2D eigenvalue weighted by molar-refractivity contribution is -0.118. The SMILES string of the molecule is CC(C)NC(CC(N)=O)c1ccccc1. The van der Waals surface area contributed by atoms with Crippen molar-refractivity contribution in [1.82, 2.24) is 5.32 Å². The van der Waals surface area contributed by atoms with Crippen LogP contribution in [0.15, 0.2) is 30.3 Å². The van der Waals surface area contributed by atoms with E-state index in [-0.39, 0.29) is 11.9 Å². The number of nitrogens with one attached hydrogen (secondary N) is 1. The van der Waals surface area contributed by atoms with Crippen LogP contribution in [0.25, 0.3) is 0 Å². The molecule has 0 aliphatic rings.